The van der Waals surface area contributed by atoms with Crippen LogP contribution in [0.15, 0.2) is 48.5 Å². The molecule has 44 heavy (non-hydrogen) atoms. The monoisotopic (exact) mass is 639 g/mol. The molecule has 5 fully saturated rings. The molecule has 9 heteroatoms. The molecular weight excluding hydrogens is 594 g/mol. The van der Waals surface area contributed by atoms with Gasteiger partial charge in [0.1, 0.15) is 12.6 Å². The number of benzene rings is 2. The van der Waals surface area contributed by atoms with E-state index in [1.807, 2.05) is 31.2 Å². The number of nitrogens with zero attached hydrogens (tertiary/aromatic N) is 2. The Morgan fingerprint density at radius 2 is 1.50 bits per heavy atom. The number of hydrogen-bond donors (Lipinski definition) is 1. The summed E-state index contributed by atoms with van der Waals surface area (Å²) in [4.78, 5) is 29.1. The molecule has 1 N–H and O–H groups in total. The molecule has 0 aliphatic heterocycles. The highest BCUT2D eigenvalue weighted by Crippen LogP contribution is 2.60. The zero-order valence-corrected chi connectivity index (χ0v) is 27.6. The summed E-state index contributed by atoms with van der Waals surface area (Å²) in [6.07, 6.45) is 13.4. The van der Waals surface area contributed by atoms with Crippen molar-refractivity contribution in [1.82, 2.24) is 10.2 Å². The standard InChI is InChI=1S/C35H46ClN3O4S/c1-3-32(34(41)37-30-6-4-5-7-30)38(22-24-8-12-29(36)13-9-24)33(40)23-39(44(2,42)43)31-14-10-28(11-15-31)35-19-25-16-26(20-35)18-27(17-25)21-35/h8-15,25-27,30,32H,3-7,16-23H2,1-2H3,(H,37,41). The Kier molecular flexibility index (Phi) is 9.04. The van der Waals surface area contributed by atoms with Crippen molar-refractivity contribution >= 4 is 39.1 Å². The molecule has 7 rings (SSSR count). The van der Waals surface area contributed by atoms with Crippen molar-refractivity contribution in [3.63, 3.8) is 0 Å². The number of rotatable bonds is 11. The maximum atomic E-state index is 14.1. The number of halogens is 1. The first-order valence-corrected chi connectivity index (χ1v) is 18.7. The summed E-state index contributed by atoms with van der Waals surface area (Å²) in [6, 6.07) is 14.5. The largest absolute Gasteiger partial charge is 0.352 e. The fourth-order valence-corrected chi connectivity index (χ4v) is 10.1. The number of amides is 2. The average molecular weight is 640 g/mol. The molecule has 0 heterocycles. The third-order valence-electron chi connectivity index (χ3n) is 10.8. The van der Waals surface area contributed by atoms with Crippen LogP contribution in [0.2, 0.25) is 5.02 Å². The lowest BCUT2D eigenvalue weighted by Crippen LogP contribution is -2.53. The minimum Gasteiger partial charge on any atom is -0.352 e. The van der Waals surface area contributed by atoms with Crippen LogP contribution in [0.25, 0.3) is 0 Å². The predicted octanol–water partition coefficient (Wildman–Crippen LogP) is 6.44. The van der Waals surface area contributed by atoms with Gasteiger partial charge in [-0.3, -0.25) is 13.9 Å². The van der Waals surface area contributed by atoms with Gasteiger partial charge in [0.25, 0.3) is 0 Å². The van der Waals surface area contributed by atoms with E-state index in [2.05, 4.69) is 17.4 Å². The summed E-state index contributed by atoms with van der Waals surface area (Å²) in [5, 5.41) is 3.73. The van der Waals surface area contributed by atoms with Gasteiger partial charge in [-0.15, -0.1) is 0 Å². The van der Waals surface area contributed by atoms with Gasteiger partial charge in [0.15, 0.2) is 0 Å². The van der Waals surface area contributed by atoms with Gasteiger partial charge in [-0.1, -0.05) is 55.6 Å². The summed E-state index contributed by atoms with van der Waals surface area (Å²) >= 11 is 6.11. The average Bonchev–Trinajstić information content (AvgIpc) is 3.48. The molecule has 1 atom stereocenters. The molecule has 0 saturated heterocycles. The highest BCUT2D eigenvalue weighted by Gasteiger charge is 2.51. The highest BCUT2D eigenvalue weighted by molar-refractivity contribution is 7.92. The van der Waals surface area contributed by atoms with Gasteiger partial charge < -0.3 is 10.2 Å². The molecule has 2 amide bonds. The van der Waals surface area contributed by atoms with E-state index in [9.17, 15) is 18.0 Å². The molecular formula is C35H46ClN3O4S. The van der Waals surface area contributed by atoms with E-state index in [-0.39, 0.29) is 30.5 Å². The fourth-order valence-electron chi connectivity index (χ4n) is 9.13. The van der Waals surface area contributed by atoms with E-state index < -0.39 is 22.0 Å². The maximum Gasteiger partial charge on any atom is 0.244 e. The summed E-state index contributed by atoms with van der Waals surface area (Å²) in [5.74, 6) is 1.84. The number of anilines is 1. The lowest BCUT2D eigenvalue weighted by atomic mass is 9.48. The lowest BCUT2D eigenvalue weighted by molar-refractivity contribution is -0.140. The van der Waals surface area contributed by atoms with Crippen molar-refractivity contribution in [3.05, 3.63) is 64.7 Å². The van der Waals surface area contributed by atoms with Gasteiger partial charge in [0.2, 0.25) is 21.8 Å². The Hall–Kier alpha value is -2.58. The molecule has 7 nitrogen and oxygen atoms in total. The Balaban J connectivity index is 1.24. The van der Waals surface area contributed by atoms with Crippen molar-refractivity contribution in [2.75, 3.05) is 17.1 Å². The SMILES string of the molecule is CCC(C(=O)NC1CCCC1)N(Cc1ccc(Cl)cc1)C(=O)CN(c1ccc(C23CC4CC(CC(C4)C2)C3)cc1)S(C)(=O)=O. The Labute approximate surface area is 267 Å². The minimum absolute atomic E-state index is 0.115. The number of carbonyl (C=O) groups is 2. The van der Waals surface area contributed by atoms with E-state index in [1.54, 1.807) is 12.1 Å². The van der Waals surface area contributed by atoms with Gasteiger partial charge in [0.05, 0.1) is 11.9 Å². The molecule has 4 bridgehead atoms. The van der Waals surface area contributed by atoms with Crippen LogP contribution in [0.4, 0.5) is 5.69 Å². The normalized spacial score (nSPS) is 26.8. The van der Waals surface area contributed by atoms with Crippen molar-refractivity contribution in [2.24, 2.45) is 17.8 Å². The molecule has 238 valence electrons. The second-order valence-electron chi connectivity index (χ2n) is 14.1. The zero-order valence-electron chi connectivity index (χ0n) is 26.0. The van der Waals surface area contributed by atoms with Crippen LogP contribution in [0, 0.1) is 17.8 Å². The quantitative estimate of drug-likeness (QED) is 0.307. The van der Waals surface area contributed by atoms with Crippen molar-refractivity contribution < 1.29 is 18.0 Å². The van der Waals surface area contributed by atoms with Crippen LogP contribution in [-0.2, 0) is 31.6 Å². The molecule has 0 radical (unpaired) electrons. The Morgan fingerprint density at radius 3 is 2.02 bits per heavy atom. The van der Waals surface area contributed by atoms with E-state index in [0.717, 1.165) is 55.3 Å². The Morgan fingerprint density at radius 1 is 0.932 bits per heavy atom. The van der Waals surface area contributed by atoms with Crippen molar-refractivity contribution in [3.8, 4) is 0 Å². The topological polar surface area (TPSA) is 86.8 Å². The molecule has 1 unspecified atom stereocenters. The van der Waals surface area contributed by atoms with E-state index in [4.69, 9.17) is 11.6 Å². The van der Waals surface area contributed by atoms with Crippen LogP contribution in [-0.4, -0.2) is 50.0 Å². The summed E-state index contributed by atoms with van der Waals surface area (Å²) in [6.45, 7) is 1.68. The maximum absolute atomic E-state index is 14.1. The van der Waals surface area contributed by atoms with E-state index >= 15 is 0 Å². The summed E-state index contributed by atoms with van der Waals surface area (Å²) in [5.41, 5.74) is 2.80. The number of nitrogens with one attached hydrogen (secondary N) is 1. The van der Waals surface area contributed by atoms with Crippen LogP contribution < -0.4 is 9.62 Å². The van der Waals surface area contributed by atoms with Gasteiger partial charge >= 0.3 is 0 Å². The molecule has 5 saturated carbocycles. The van der Waals surface area contributed by atoms with Crippen LogP contribution in [0.5, 0.6) is 0 Å². The van der Waals surface area contributed by atoms with Gasteiger partial charge in [-0.05, 0) is 116 Å². The summed E-state index contributed by atoms with van der Waals surface area (Å²) in [7, 11) is -3.79. The zero-order chi connectivity index (χ0) is 31.1. The molecule has 2 aromatic rings. The molecule has 5 aliphatic rings. The van der Waals surface area contributed by atoms with Gasteiger partial charge in [-0.25, -0.2) is 8.42 Å². The van der Waals surface area contributed by atoms with Crippen molar-refractivity contribution in [1.29, 1.82) is 0 Å². The molecule has 5 aliphatic carbocycles. The number of sulfonamides is 1. The molecule has 0 spiro atoms. The third kappa shape index (κ3) is 6.67. The Bertz CT molecular complexity index is 1420. The number of carbonyl (C=O) groups excluding carboxylic acids is 2. The van der Waals surface area contributed by atoms with E-state index in [0.29, 0.717) is 17.1 Å². The predicted molar refractivity (Wildman–Crippen MR) is 175 cm³/mol. The first-order valence-electron chi connectivity index (χ1n) is 16.5. The second-order valence-corrected chi connectivity index (χ2v) is 16.4. The molecule has 0 aromatic heterocycles. The second kappa shape index (κ2) is 12.7. The van der Waals surface area contributed by atoms with Crippen molar-refractivity contribution in [2.45, 2.75) is 102 Å². The minimum atomic E-state index is -3.79. The van der Waals surface area contributed by atoms with Crippen LogP contribution in [0.3, 0.4) is 0 Å². The lowest BCUT2D eigenvalue weighted by Gasteiger charge is -2.57. The molecule has 2 aromatic carbocycles. The first-order chi connectivity index (χ1) is 21.0. The fraction of sp³-hybridized carbons (Fsp3) is 0.600. The third-order valence-corrected chi connectivity index (χ3v) is 12.2. The van der Waals surface area contributed by atoms with Gasteiger partial charge in [0, 0.05) is 17.6 Å². The van der Waals surface area contributed by atoms with E-state index in [1.165, 1.54) is 53.3 Å². The first kappa shape index (κ1) is 31.4. The van der Waals surface area contributed by atoms with Crippen LogP contribution in [0.1, 0.15) is 88.7 Å². The highest BCUT2D eigenvalue weighted by atomic mass is 35.5. The van der Waals surface area contributed by atoms with Crippen LogP contribution >= 0.6 is 11.6 Å². The summed E-state index contributed by atoms with van der Waals surface area (Å²) < 4.78 is 27.5. The smallest absolute Gasteiger partial charge is 0.244 e. The van der Waals surface area contributed by atoms with Gasteiger partial charge in [-0.2, -0.15) is 0 Å². The number of hydrogen-bond acceptors (Lipinski definition) is 4.